The predicted octanol–water partition coefficient (Wildman–Crippen LogP) is 4.97. The maximum absolute atomic E-state index is 12.0. The van der Waals surface area contributed by atoms with Gasteiger partial charge in [0.2, 0.25) is 0 Å². The van der Waals surface area contributed by atoms with Gasteiger partial charge in [-0.25, -0.2) is 4.79 Å². The Balaban J connectivity index is 1.83. The molecule has 3 heteroatoms. The van der Waals surface area contributed by atoms with Crippen LogP contribution in [0.5, 0.6) is 0 Å². The van der Waals surface area contributed by atoms with E-state index in [9.17, 15) is 4.79 Å². The van der Waals surface area contributed by atoms with Crippen LogP contribution in [-0.4, -0.2) is 12.6 Å². The normalized spacial score (nSPS) is 11.2. The van der Waals surface area contributed by atoms with Gasteiger partial charge in [0, 0.05) is 12.2 Å². The Kier molecular flexibility index (Phi) is 5.66. The fourth-order valence-corrected chi connectivity index (χ4v) is 2.67. The van der Waals surface area contributed by atoms with E-state index in [1.54, 1.807) is 0 Å². The smallest absolute Gasteiger partial charge is 0.319 e. The first-order valence-corrected chi connectivity index (χ1v) is 8.47. The zero-order chi connectivity index (χ0) is 17.7. The summed E-state index contributed by atoms with van der Waals surface area (Å²) in [6.07, 6.45) is 0.836. The number of nitrogens with one attached hydrogen (secondary N) is 2. The lowest BCUT2D eigenvalue weighted by Crippen LogP contribution is -2.30. The third kappa shape index (κ3) is 5.12. The molecule has 128 valence electrons. The maximum Gasteiger partial charge on any atom is 0.319 e. The van der Waals surface area contributed by atoms with Crippen LogP contribution in [0.3, 0.4) is 0 Å². The number of rotatable bonds is 4. The summed E-state index contributed by atoms with van der Waals surface area (Å²) in [5.41, 5.74) is 5.99. The summed E-state index contributed by atoms with van der Waals surface area (Å²) < 4.78 is 0. The van der Waals surface area contributed by atoms with Gasteiger partial charge in [0.15, 0.2) is 0 Å². The van der Waals surface area contributed by atoms with Crippen LogP contribution < -0.4 is 10.6 Å². The number of anilines is 1. The molecule has 2 rings (SSSR count). The largest absolute Gasteiger partial charge is 0.338 e. The number of urea groups is 1. The molecule has 0 unspecified atom stereocenters. The second-order valence-corrected chi connectivity index (χ2v) is 7.39. The molecular formula is C21H28N2O. The zero-order valence-corrected chi connectivity index (χ0v) is 15.4. The lowest BCUT2D eigenvalue weighted by atomic mass is 9.87. The van der Waals surface area contributed by atoms with Crippen molar-refractivity contribution in [2.75, 3.05) is 11.9 Å². The molecule has 3 nitrogen and oxygen atoms in total. The topological polar surface area (TPSA) is 41.1 Å². The Morgan fingerprint density at radius 1 is 1.00 bits per heavy atom. The molecule has 0 saturated heterocycles. The maximum atomic E-state index is 12.0. The molecule has 24 heavy (non-hydrogen) atoms. The second-order valence-electron chi connectivity index (χ2n) is 7.39. The minimum absolute atomic E-state index is 0.118. The highest BCUT2D eigenvalue weighted by Crippen LogP contribution is 2.23. The number of aryl methyl sites for hydroxylation is 2. The van der Waals surface area contributed by atoms with Crippen molar-refractivity contribution < 1.29 is 4.79 Å². The number of carbonyl (C=O) groups excluding carboxylic acids is 1. The van der Waals surface area contributed by atoms with E-state index in [0.29, 0.717) is 6.54 Å². The van der Waals surface area contributed by atoms with E-state index < -0.39 is 0 Å². The molecule has 0 aromatic heterocycles. The second kappa shape index (κ2) is 7.52. The van der Waals surface area contributed by atoms with E-state index >= 15 is 0 Å². The van der Waals surface area contributed by atoms with E-state index in [1.807, 2.05) is 12.1 Å². The van der Waals surface area contributed by atoms with Gasteiger partial charge < -0.3 is 10.6 Å². The van der Waals surface area contributed by atoms with Crippen LogP contribution >= 0.6 is 0 Å². The summed E-state index contributed by atoms with van der Waals surface area (Å²) in [6.45, 7) is 11.3. The fourth-order valence-electron chi connectivity index (χ4n) is 2.67. The Bertz CT molecular complexity index is 697. The van der Waals surface area contributed by atoms with Gasteiger partial charge in [0.25, 0.3) is 0 Å². The highest BCUT2D eigenvalue weighted by atomic mass is 16.2. The Labute approximate surface area is 145 Å². The average molecular weight is 324 g/mol. The SMILES string of the molecule is Cc1ccc(CCNC(=O)Nc2ccc(C(C)(C)C)cc2)c(C)c1. The van der Waals surface area contributed by atoms with Crippen molar-refractivity contribution in [3.05, 3.63) is 64.7 Å². The Morgan fingerprint density at radius 3 is 2.25 bits per heavy atom. The van der Waals surface area contributed by atoms with Crippen LogP contribution in [0.4, 0.5) is 10.5 Å². The molecule has 0 aliphatic carbocycles. The van der Waals surface area contributed by atoms with Crippen LogP contribution in [0.25, 0.3) is 0 Å². The van der Waals surface area contributed by atoms with Gasteiger partial charge in [-0.05, 0) is 54.5 Å². The molecule has 2 amide bonds. The van der Waals surface area contributed by atoms with Gasteiger partial charge >= 0.3 is 6.03 Å². The first-order valence-electron chi connectivity index (χ1n) is 8.47. The molecule has 0 saturated carbocycles. The summed E-state index contributed by atoms with van der Waals surface area (Å²) >= 11 is 0. The first kappa shape index (κ1) is 18.1. The number of carbonyl (C=O) groups is 1. The summed E-state index contributed by atoms with van der Waals surface area (Å²) in [5, 5.41) is 5.80. The van der Waals surface area contributed by atoms with Crippen molar-refractivity contribution in [2.45, 2.75) is 46.5 Å². The molecule has 0 aliphatic heterocycles. The standard InChI is InChI=1S/C21H28N2O/c1-15-6-7-17(16(2)14-15)12-13-22-20(24)23-19-10-8-18(9-11-19)21(3,4)5/h6-11,14H,12-13H2,1-5H3,(H2,22,23,24). The molecule has 0 bridgehead atoms. The Morgan fingerprint density at radius 2 is 1.67 bits per heavy atom. The van der Waals surface area contributed by atoms with Crippen LogP contribution in [0.15, 0.2) is 42.5 Å². The summed E-state index contributed by atoms with van der Waals surface area (Å²) in [4.78, 5) is 12.0. The average Bonchev–Trinajstić information content (AvgIpc) is 2.49. The summed E-state index contributed by atoms with van der Waals surface area (Å²) in [7, 11) is 0. The van der Waals surface area contributed by atoms with Crippen molar-refractivity contribution in [1.29, 1.82) is 0 Å². The van der Waals surface area contributed by atoms with E-state index in [-0.39, 0.29) is 11.4 Å². The number of hydrogen-bond acceptors (Lipinski definition) is 1. The molecular weight excluding hydrogens is 296 g/mol. The van der Waals surface area contributed by atoms with Crippen LogP contribution in [0, 0.1) is 13.8 Å². The van der Waals surface area contributed by atoms with E-state index in [0.717, 1.165) is 12.1 Å². The highest BCUT2D eigenvalue weighted by molar-refractivity contribution is 5.89. The monoisotopic (exact) mass is 324 g/mol. The third-order valence-electron chi connectivity index (χ3n) is 4.19. The minimum Gasteiger partial charge on any atom is -0.338 e. The number of benzene rings is 2. The van der Waals surface area contributed by atoms with Crippen LogP contribution in [-0.2, 0) is 11.8 Å². The van der Waals surface area contributed by atoms with Crippen molar-refractivity contribution in [2.24, 2.45) is 0 Å². The van der Waals surface area contributed by atoms with Gasteiger partial charge in [0.1, 0.15) is 0 Å². The van der Waals surface area contributed by atoms with Crippen molar-refractivity contribution >= 4 is 11.7 Å². The van der Waals surface area contributed by atoms with Crippen molar-refractivity contribution in [3.8, 4) is 0 Å². The molecule has 0 radical (unpaired) electrons. The van der Waals surface area contributed by atoms with Gasteiger partial charge in [-0.1, -0.05) is 56.7 Å². The third-order valence-corrected chi connectivity index (χ3v) is 4.19. The van der Waals surface area contributed by atoms with Crippen LogP contribution in [0.2, 0.25) is 0 Å². The molecule has 0 fully saturated rings. The van der Waals surface area contributed by atoms with Crippen molar-refractivity contribution in [1.82, 2.24) is 5.32 Å². The van der Waals surface area contributed by atoms with Gasteiger partial charge in [-0.3, -0.25) is 0 Å². The minimum atomic E-state index is -0.164. The molecule has 0 aliphatic rings. The summed E-state index contributed by atoms with van der Waals surface area (Å²) in [5.74, 6) is 0. The first-order chi connectivity index (χ1) is 11.3. The zero-order valence-electron chi connectivity index (χ0n) is 15.4. The van der Waals surface area contributed by atoms with Gasteiger partial charge in [-0.15, -0.1) is 0 Å². The highest BCUT2D eigenvalue weighted by Gasteiger charge is 2.13. The molecule has 0 spiro atoms. The molecule has 2 N–H and O–H groups in total. The summed E-state index contributed by atoms with van der Waals surface area (Å²) in [6, 6.07) is 14.3. The van der Waals surface area contributed by atoms with Gasteiger partial charge in [0.05, 0.1) is 0 Å². The lowest BCUT2D eigenvalue weighted by Gasteiger charge is -2.19. The molecule has 0 atom stereocenters. The molecule has 0 heterocycles. The van der Waals surface area contributed by atoms with Gasteiger partial charge in [-0.2, -0.15) is 0 Å². The molecule has 2 aromatic carbocycles. The lowest BCUT2D eigenvalue weighted by molar-refractivity contribution is 0.252. The Hall–Kier alpha value is -2.29. The number of hydrogen-bond donors (Lipinski definition) is 2. The number of amides is 2. The predicted molar refractivity (Wildman–Crippen MR) is 102 cm³/mol. The molecule has 2 aromatic rings. The fraction of sp³-hybridized carbons (Fsp3) is 0.381. The van der Waals surface area contributed by atoms with Crippen LogP contribution in [0.1, 0.15) is 43.0 Å². The quantitative estimate of drug-likeness (QED) is 0.819. The van der Waals surface area contributed by atoms with E-state index in [1.165, 1.54) is 22.3 Å². The van der Waals surface area contributed by atoms with Crippen molar-refractivity contribution in [3.63, 3.8) is 0 Å². The van der Waals surface area contributed by atoms with E-state index in [4.69, 9.17) is 0 Å². The van der Waals surface area contributed by atoms with E-state index in [2.05, 4.69) is 75.6 Å².